The highest BCUT2D eigenvalue weighted by molar-refractivity contribution is 6.31. The number of hydrogen-bond acceptors (Lipinski definition) is 7. The molecule has 0 saturated carbocycles. The zero-order valence-corrected chi connectivity index (χ0v) is 16.3. The van der Waals surface area contributed by atoms with Crippen LogP contribution >= 0.6 is 11.6 Å². The van der Waals surface area contributed by atoms with Gasteiger partial charge in [0.2, 0.25) is 0 Å². The van der Waals surface area contributed by atoms with Crippen molar-refractivity contribution in [3.63, 3.8) is 0 Å². The van der Waals surface area contributed by atoms with E-state index in [4.69, 9.17) is 25.8 Å². The highest BCUT2D eigenvalue weighted by Gasteiger charge is 2.46. The monoisotopic (exact) mass is 422 g/mol. The molecule has 1 aliphatic carbocycles. The Bertz CT molecular complexity index is 847. The summed E-state index contributed by atoms with van der Waals surface area (Å²) in [6.07, 6.45) is 1.86. The fraction of sp³-hybridized carbons (Fsp3) is 0.429. The van der Waals surface area contributed by atoms with E-state index in [0.29, 0.717) is 29.4 Å². The molecule has 0 spiro atoms. The van der Waals surface area contributed by atoms with Gasteiger partial charge < -0.3 is 34.6 Å². The second-order valence-electron chi connectivity index (χ2n) is 7.44. The minimum absolute atomic E-state index is 0.265. The van der Waals surface area contributed by atoms with Crippen molar-refractivity contribution >= 4 is 11.6 Å². The van der Waals surface area contributed by atoms with E-state index >= 15 is 0 Å². The standard InChI is InChI=1S/C21H23ClO7/c22-14-3-2-12(21-20(26)19(25)18(24)17(10-23)29-21)9-13(14)7-11-1-4-15-16(8-11)28-6-5-27-15/h1-6,8,12,17-21,23-26H,7,9-10H2/t12?,17-,18-,19+,20-,21+/m1/s1. The first kappa shape index (κ1) is 20.4. The maximum absolute atomic E-state index is 10.4. The van der Waals surface area contributed by atoms with Crippen molar-refractivity contribution in [2.45, 2.75) is 43.4 Å². The van der Waals surface area contributed by atoms with Gasteiger partial charge in [-0.3, -0.25) is 0 Å². The molecule has 0 aromatic heterocycles. The zero-order chi connectivity index (χ0) is 20.5. The van der Waals surface area contributed by atoms with Crippen molar-refractivity contribution in [2.24, 2.45) is 5.92 Å². The second kappa shape index (κ2) is 8.47. The number of ether oxygens (including phenoxy) is 3. The van der Waals surface area contributed by atoms with E-state index in [1.54, 1.807) is 6.08 Å². The summed E-state index contributed by atoms with van der Waals surface area (Å²) in [6.45, 7) is -0.451. The van der Waals surface area contributed by atoms with Crippen molar-refractivity contribution in [3.8, 4) is 11.5 Å². The van der Waals surface area contributed by atoms with E-state index in [1.165, 1.54) is 12.5 Å². The van der Waals surface area contributed by atoms with Gasteiger partial charge in [-0.25, -0.2) is 0 Å². The molecule has 4 rings (SSSR count). The molecule has 8 heteroatoms. The molecule has 2 aliphatic heterocycles. The number of allylic oxidation sites excluding steroid dienone is 3. The molecule has 3 aliphatic rings. The van der Waals surface area contributed by atoms with E-state index in [0.717, 1.165) is 11.1 Å². The molecular weight excluding hydrogens is 400 g/mol. The number of benzene rings is 1. The van der Waals surface area contributed by atoms with Crippen molar-refractivity contribution in [1.82, 2.24) is 0 Å². The van der Waals surface area contributed by atoms with E-state index in [9.17, 15) is 20.4 Å². The topological polar surface area (TPSA) is 109 Å². The average molecular weight is 423 g/mol. The Kier molecular flexibility index (Phi) is 5.96. The van der Waals surface area contributed by atoms with Gasteiger partial charge in [-0.1, -0.05) is 23.7 Å². The normalized spacial score (nSPS) is 33.8. The molecule has 0 bridgehead atoms. The molecule has 4 N–H and O–H groups in total. The van der Waals surface area contributed by atoms with Crippen molar-refractivity contribution in [2.75, 3.05) is 6.61 Å². The first-order valence-corrected chi connectivity index (χ1v) is 9.83. The largest absolute Gasteiger partial charge is 0.458 e. The molecule has 1 unspecified atom stereocenters. The van der Waals surface area contributed by atoms with Crippen LogP contribution < -0.4 is 9.47 Å². The Labute approximate surface area is 173 Å². The maximum Gasteiger partial charge on any atom is 0.169 e. The summed E-state index contributed by atoms with van der Waals surface area (Å²) in [6, 6.07) is 5.65. The highest BCUT2D eigenvalue weighted by atomic mass is 35.5. The van der Waals surface area contributed by atoms with E-state index < -0.39 is 37.1 Å². The molecule has 0 amide bonds. The van der Waals surface area contributed by atoms with Crippen LogP contribution in [0.4, 0.5) is 0 Å². The van der Waals surface area contributed by atoms with Crippen LogP contribution in [0.1, 0.15) is 12.0 Å². The lowest BCUT2D eigenvalue weighted by atomic mass is 9.81. The zero-order valence-electron chi connectivity index (χ0n) is 15.5. The van der Waals surface area contributed by atoms with Crippen LogP contribution in [0.5, 0.6) is 11.5 Å². The summed E-state index contributed by atoms with van der Waals surface area (Å²) in [5.74, 6) is 0.997. The predicted octanol–water partition coefficient (Wildman–Crippen LogP) is 1.38. The van der Waals surface area contributed by atoms with Crippen LogP contribution in [0, 0.1) is 5.92 Å². The lowest BCUT2D eigenvalue weighted by molar-refractivity contribution is -0.237. The van der Waals surface area contributed by atoms with Crippen LogP contribution in [0.25, 0.3) is 0 Å². The average Bonchev–Trinajstić information content (AvgIpc) is 2.74. The summed E-state index contributed by atoms with van der Waals surface area (Å²) >= 11 is 6.42. The quantitative estimate of drug-likeness (QED) is 0.580. The molecule has 0 radical (unpaired) electrons. The van der Waals surface area contributed by atoms with Gasteiger partial charge in [-0.2, -0.15) is 0 Å². The van der Waals surface area contributed by atoms with Crippen LogP contribution in [0.15, 0.2) is 53.5 Å². The van der Waals surface area contributed by atoms with Crippen LogP contribution in [-0.2, 0) is 11.2 Å². The number of halogens is 1. The fourth-order valence-electron chi connectivity index (χ4n) is 3.94. The van der Waals surface area contributed by atoms with Gasteiger partial charge in [-0.05, 0) is 42.2 Å². The molecule has 6 atom stereocenters. The Morgan fingerprint density at radius 1 is 1.00 bits per heavy atom. The van der Waals surface area contributed by atoms with E-state index in [1.807, 2.05) is 24.3 Å². The lowest BCUT2D eigenvalue weighted by Crippen LogP contribution is -2.60. The molecule has 1 aromatic carbocycles. The third-order valence-corrected chi connectivity index (χ3v) is 5.93. The van der Waals surface area contributed by atoms with Gasteiger partial charge in [0.05, 0.1) is 12.7 Å². The maximum atomic E-state index is 10.4. The molecule has 1 fully saturated rings. The molecule has 1 saturated heterocycles. The Morgan fingerprint density at radius 2 is 1.76 bits per heavy atom. The third-order valence-electron chi connectivity index (χ3n) is 5.53. The minimum atomic E-state index is -1.39. The van der Waals surface area contributed by atoms with Gasteiger partial charge in [0.1, 0.15) is 36.9 Å². The number of aliphatic hydroxyl groups is 4. The number of fused-ring (bicyclic) bond motifs is 1. The SMILES string of the molecule is OC[C@H]1O[C@@H](C2C=CC(Cl)=C(Cc3ccc4c(c3)OC=CO4)C2)[C@H](O)[C@@H](O)[C@@H]1O. The molecule has 1 aromatic rings. The molecular formula is C21H23ClO7. The number of rotatable bonds is 4. The van der Waals surface area contributed by atoms with E-state index in [-0.39, 0.29) is 5.92 Å². The Hall–Kier alpha value is -1.87. The van der Waals surface area contributed by atoms with Gasteiger partial charge in [-0.15, -0.1) is 0 Å². The molecule has 29 heavy (non-hydrogen) atoms. The van der Waals surface area contributed by atoms with Crippen LogP contribution in [-0.4, -0.2) is 57.6 Å². The second-order valence-corrected chi connectivity index (χ2v) is 7.85. The van der Waals surface area contributed by atoms with Crippen molar-refractivity contribution in [3.05, 3.63) is 59.0 Å². The van der Waals surface area contributed by atoms with Gasteiger partial charge >= 0.3 is 0 Å². The molecule has 7 nitrogen and oxygen atoms in total. The van der Waals surface area contributed by atoms with Gasteiger partial charge in [0.15, 0.2) is 11.5 Å². The predicted molar refractivity (Wildman–Crippen MR) is 104 cm³/mol. The van der Waals surface area contributed by atoms with Crippen LogP contribution in [0.2, 0.25) is 0 Å². The Balaban J connectivity index is 1.49. The third kappa shape index (κ3) is 4.07. The highest BCUT2D eigenvalue weighted by Crippen LogP contribution is 2.37. The fourth-order valence-corrected chi connectivity index (χ4v) is 4.16. The number of hydrogen-bond donors (Lipinski definition) is 4. The first-order chi connectivity index (χ1) is 14.0. The summed E-state index contributed by atoms with van der Waals surface area (Å²) in [5.41, 5.74) is 1.93. The molecule has 156 valence electrons. The minimum Gasteiger partial charge on any atom is -0.458 e. The van der Waals surface area contributed by atoms with Crippen LogP contribution in [0.3, 0.4) is 0 Å². The smallest absolute Gasteiger partial charge is 0.169 e. The summed E-state index contributed by atoms with van der Waals surface area (Å²) < 4.78 is 16.5. The van der Waals surface area contributed by atoms with Crippen molar-refractivity contribution < 1.29 is 34.6 Å². The first-order valence-electron chi connectivity index (χ1n) is 9.45. The molecule has 2 heterocycles. The van der Waals surface area contributed by atoms with Gasteiger partial charge in [0.25, 0.3) is 0 Å². The van der Waals surface area contributed by atoms with E-state index in [2.05, 4.69) is 0 Å². The number of aliphatic hydroxyl groups excluding tert-OH is 4. The Morgan fingerprint density at radius 3 is 2.52 bits per heavy atom. The van der Waals surface area contributed by atoms with Crippen molar-refractivity contribution in [1.29, 1.82) is 0 Å². The summed E-state index contributed by atoms with van der Waals surface area (Å²) in [5, 5.41) is 40.5. The summed E-state index contributed by atoms with van der Waals surface area (Å²) in [7, 11) is 0. The van der Waals surface area contributed by atoms with Gasteiger partial charge in [0, 0.05) is 11.0 Å². The lowest BCUT2D eigenvalue weighted by Gasteiger charge is -2.43. The summed E-state index contributed by atoms with van der Waals surface area (Å²) in [4.78, 5) is 0.